The third-order valence-electron chi connectivity index (χ3n) is 3.20. The monoisotopic (exact) mass is 360 g/mol. The zero-order chi connectivity index (χ0) is 18.4. The summed E-state index contributed by atoms with van der Waals surface area (Å²) < 4.78 is 45.5. The van der Waals surface area contributed by atoms with Crippen molar-refractivity contribution in [3.05, 3.63) is 35.9 Å². The van der Waals surface area contributed by atoms with Gasteiger partial charge in [0.2, 0.25) is 0 Å². The number of ether oxygens (including phenoxy) is 2. The Morgan fingerprint density at radius 3 is 2.25 bits per heavy atom. The molecule has 0 unspecified atom stereocenters. The molecule has 0 atom stereocenters. The lowest BCUT2D eigenvalue weighted by atomic mass is 10.1. The molecular weight excluding hydrogens is 336 g/mol. The van der Waals surface area contributed by atoms with E-state index in [2.05, 4.69) is 4.18 Å². The van der Waals surface area contributed by atoms with E-state index in [9.17, 15) is 13.2 Å². The van der Waals surface area contributed by atoms with Crippen LogP contribution in [0.4, 0.5) is 0 Å². The molecule has 0 radical (unpaired) electrons. The van der Waals surface area contributed by atoms with Crippen molar-refractivity contribution in [2.45, 2.75) is 51.9 Å². The van der Waals surface area contributed by atoms with E-state index in [-0.39, 0.29) is 19.6 Å². The summed E-state index contributed by atoms with van der Waals surface area (Å²) in [5, 5.41) is 0. The third-order valence-corrected chi connectivity index (χ3v) is 3.86. The number of carbonyl (C=O) groups is 1. The molecule has 0 bridgehead atoms. The van der Waals surface area contributed by atoms with Gasteiger partial charge in [-0.1, -0.05) is 30.3 Å². The maximum absolute atomic E-state index is 12.1. The van der Waals surface area contributed by atoms with Crippen molar-refractivity contribution in [1.29, 1.82) is 0 Å². The summed E-state index contributed by atoms with van der Waals surface area (Å²) in [5.41, 5.74) is -1.48. The maximum atomic E-state index is 12.1. The largest absolute Gasteiger partial charge is 0.459 e. The minimum Gasteiger partial charge on any atom is -0.459 e. The number of rotatable bonds is 9. The minimum absolute atomic E-state index is 0.0515. The lowest BCUT2D eigenvalue weighted by molar-refractivity contribution is -0.170. The summed E-state index contributed by atoms with van der Waals surface area (Å²) in [7, 11) is -4.55. The molecule has 0 saturated carbocycles. The standard InChI is InChI=1S/C16H24O7S/c1-15(2,23-24(18,19)20)10-11-22-16(3,4)14(17)21-12-13-8-6-5-7-9-13/h5-9H,10-12H2,1-4H3,(H,18,19,20). The van der Waals surface area contributed by atoms with Crippen molar-refractivity contribution in [2.24, 2.45) is 0 Å². The number of hydrogen-bond acceptors (Lipinski definition) is 6. The highest BCUT2D eigenvalue weighted by atomic mass is 32.3. The molecule has 0 fully saturated rings. The second-order valence-corrected chi connectivity index (χ2v) is 7.46. The Morgan fingerprint density at radius 1 is 1.12 bits per heavy atom. The Balaban J connectivity index is 2.46. The van der Waals surface area contributed by atoms with Crippen LogP contribution in [-0.4, -0.2) is 36.7 Å². The first-order chi connectivity index (χ1) is 10.9. The van der Waals surface area contributed by atoms with Crippen molar-refractivity contribution in [3.63, 3.8) is 0 Å². The quantitative estimate of drug-likeness (QED) is 0.533. The molecule has 0 aromatic heterocycles. The van der Waals surface area contributed by atoms with E-state index in [0.717, 1.165) is 5.56 Å². The van der Waals surface area contributed by atoms with Gasteiger partial charge >= 0.3 is 16.4 Å². The molecule has 1 rings (SSSR count). The molecule has 136 valence electrons. The first kappa shape index (κ1) is 20.6. The van der Waals surface area contributed by atoms with Crippen molar-refractivity contribution in [3.8, 4) is 0 Å². The van der Waals surface area contributed by atoms with Crippen molar-refractivity contribution < 1.29 is 31.4 Å². The Morgan fingerprint density at radius 2 is 1.71 bits per heavy atom. The number of benzene rings is 1. The molecule has 1 N–H and O–H groups in total. The Kier molecular flexibility index (Phi) is 6.91. The zero-order valence-corrected chi connectivity index (χ0v) is 15.1. The smallest absolute Gasteiger partial charge is 0.397 e. The Hall–Kier alpha value is -1.48. The fourth-order valence-electron chi connectivity index (χ4n) is 1.83. The second kappa shape index (κ2) is 8.06. The van der Waals surface area contributed by atoms with Gasteiger partial charge in [0.1, 0.15) is 6.61 Å². The van der Waals surface area contributed by atoms with Crippen LogP contribution >= 0.6 is 0 Å². The molecule has 0 amide bonds. The highest BCUT2D eigenvalue weighted by molar-refractivity contribution is 7.80. The van der Waals surface area contributed by atoms with Crippen LogP contribution in [0.2, 0.25) is 0 Å². The van der Waals surface area contributed by atoms with Crippen LogP contribution in [0, 0.1) is 0 Å². The van der Waals surface area contributed by atoms with E-state index >= 15 is 0 Å². The van der Waals surface area contributed by atoms with Crippen LogP contribution in [0.3, 0.4) is 0 Å². The fraction of sp³-hybridized carbons (Fsp3) is 0.562. The average molecular weight is 360 g/mol. The van der Waals surface area contributed by atoms with E-state index in [4.69, 9.17) is 14.0 Å². The fourth-order valence-corrected chi connectivity index (χ4v) is 2.49. The Labute approximate surface area is 142 Å². The highest BCUT2D eigenvalue weighted by Crippen LogP contribution is 2.20. The molecule has 1 aromatic rings. The van der Waals surface area contributed by atoms with Crippen LogP contribution in [0.15, 0.2) is 30.3 Å². The minimum atomic E-state index is -4.55. The molecule has 24 heavy (non-hydrogen) atoms. The predicted molar refractivity (Wildman–Crippen MR) is 87.6 cm³/mol. The van der Waals surface area contributed by atoms with Crippen molar-refractivity contribution in [2.75, 3.05) is 6.61 Å². The van der Waals surface area contributed by atoms with E-state index in [0.29, 0.717) is 0 Å². The van der Waals surface area contributed by atoms with E-state index < -0.39 is 27.6 Å². The first-order valence-electron chi connectivity index (χ1n) is 7.44. The van der Waals surface area contributed by atoms with Crippen molar-refractivity contribution in [1.82, 2.24) is 0 Å². The zero-order valence-electron chi connectivity index (χ0n) is 14.3. The first-order valence-corrected chi connectivity index (χ1v) is 8.81. The summed E-state index contributed by atoms with van der Waals surface area (Å²) in [6.07, 6.45) is 0.155. The van der Waals surface area contributed by atoms with Crippen LogP contribution in [0.1, 0.15) is 39.7 Å². The van der Waals surface area contributed by atoms with Gasteiger partial charge in [-0.05, 0) is 33.3 Å². The second-order valence-electron chi connectivity index (χ2n) is 6.44. The molecule has 0 spiro atoms. The lowest BCUT2D eigenvalue weighted by Gasteiger charge is -2.27. The van der Waals surface area contributed by atoms with Gasteiger partial charge in [0.15, 0.2) is 5.60 Å². The van der Waals surface area contributed by atoms with E-state index in [1.165, 1.54) is 13.8 Å². The van der Waals surface area contributed by atoms with E-state index in [1.54, 1.807) is 13.8 Å². The summed E-state index contributed by atoms with van der Waals surface area (Å²) in [6, 6.07) is 9.26. The molecule has 0 aliphatic carbocycles. The molecule has 0 aliphatic heterocycles. The number of hydrogen-bond donors (Lipinski definition) is 1. The number of carbonyl (C=O) groups excluding carboxylic acids is 1. The third kappa shape index (κ3) is 7.87. The summed E-state index contributed by atoms with van der Waals surface area (Å²) in [4.78, 5) is 12.1. The molecule has 0 saturated heterocycles. The number of esters is 1. The highest BCUT2D eigenvalue weighted by Gasteiger charge is 2.32. The van der Waals surface area contributed by atoms with Gasteiger partial charge < -0.3 is 9.47 Å². The van der Waals surface area contributed by atoms with E-state index in [1.807, 2.05) is 30.3 Å². The molecule has 0 aliphatic rings. The van der Waals surface area contributed by atoms with Crippen LogP contribution in [0.5, 0.6) is 0 Å². The van der Waals surface area contributed by atoms with Gasteiger partial charge in [0.05, 0.1) is 12.2 Å². The van der Waals surface area contributed by atoms with Gasteiger partial charge in [0.25, 0.3) is 0 Å². The molecule has 8 heteroatoms. The normalized spacial score (nSPS) is 12.9. The van der Waals surface area contributed by atoms with Gasteiger partial charge in [-0.3, -0.25) is 4.55 Å². The van der Waals surface area contributed by atoms with Crippen molar-refractivity contribution >= 4 is 16.4 Å². The molecule has 1 aromatic carbocycles. The molecule has 7 nitrogen and oxygen atoms in total. The average Bonchev–Trinajstić information content (AvgIpc) is 2.42. The van der Waals surface area contributed by atoms with Gasteiger partial charge in [-0.25, -0.2) is 8.98 Å². The summed E-state index contributed by atoms with van der Waals surface area (Å²) in [6.45, 7) is 6.31. The Bertz CT molecular complexity index is 636. The summed E-state index contributed by atoms with van der Waals surface area (Å²) in [5.74, 6) is -0.528. The van der Waals surface area contributed by atoms with Gasteiger partial charge in [-0.15, -0.1) is 0 Å². The molecule has 0 heterocycles. The summed E-state index contributed by atoms with van der Waals surface area (Å²) >= 11 is 0. The van der Waals surface area contributed by atoms with Crippen LogP contribution in [-0.2, 0) is 35.5 Å². The van der Waals surface area contributed by atoms with Gasteiger partial charge in [0, 0.05) is 6.42 Å². The SMILES string of the molecule is CC(C)(CCOC(C)(C)C(=O)OCc1ccccc1)OS(=O)(=O)O. The van der Waals surface area contributed by atoms with Gasteiger partial charge in [-0.2, -0.15) is 8.42 Å². The maximum Gasteiger partial charge on any atom is 0.397 e. The molecular formula is C16H24O7S. The van der Waals surface area contributed by atoms with Crippen LogP contribution in [0.25, 0.3) is 0 Å². The lowest BCUT2D eigenvalue weighted by Crippen LogP contribution is -2.38. The topological polar surface area (TPSA) is 99.1 Å². The van der Waals surface area contributed by atoms with Crippen LogP contribution < -0.4 is 0 Å². The predicted octanol–water partition coefficient (Wildman–Crippen LogP) is 2.51.